The molecule has 2 aliphatic heterocycles. The number of hydrogen-bond donors (Lipinski definition) is 1. The van der Waals surface area contributed by atoms with Crippen LogP contribution in [0.25, 0.3) is 0 Å². The smallest absolute Gasteiger partial charge is 0.391 e. The van der Waals surface area contributed by atoms with Gasteiger partial charge in [0.15, 0.2) is 0 Å². The number of nitrogens with zero attached hydrogens (tertiary/aromatic N) is 3. The predicted molar refractivity (Wildman–Crippen MR) is 137 cm³/mol. The van der Waals surface area contributed by atoms with Crippen LogP contribution in [0.15, 0.2) is 59.8 Å². The van der Waals surface area contributed by atoms with Gasteiger partial charge in [-0.05, 0) is 62.1 Å². The quantitative estimate of drug-likeness (QED) is 0.271. The van der Waals surface area contributed by atoms with Crippen molar-refractivity contribution < 1.29 is 22.3 Å². The van der Waals surface area contributed by atoms with E-state index in [0.29, 0.717) is 19.7 Å². The van der Waals surface area contributed by atoms with Crippen molar-refractivity contribution in [3.8, 4) is 5.75 Å². The van der Waals surface area contributed by atoms with Gasteiger partial charge in [0.05, 0.1) is 12.5 Å². The molecule has 1 aromatic heterocycles. The van der Waals surface area contributed by atoms with Gasteiger partial charge >= 0.3 is 6.18 Å². The van der Waals surface area contributed by atoms with Crippen molar-refractivity contribution >= 4 is 28.6 Å². The molecule has 11 heteroatoms. The van der Waals surface area contributed by atoms with Crippen LogP contribution in [0.5, 0.6) is 5.75 Å². The molecule has 0 unspecified atom stereocenters. The van der Waals surface area contributed by atoms with Crippen molar-refractivity contribution in [3.05, 3.63) is 66.2 Å². The minimum atomic E-state index is -4.08. The van der Waals surface area contributed by atoms with E-state index < -0.39 is 12.1 Å². The van der Waals surface area contributed by atoms with Gasteiger partial charge in [-0.15, -0.1) is 0 Å². The van der Waals surface area contributed by atoms with Gasteiger partial charge in [-0.1, -0.05) is 38.1 Å². The fraction of sp³-hybridized carbons (Fsp3) is 0.440. The summed E-state index contributed by atoms with van der Waals surface area (Å²) in [4.78, 5) is 7.24. The fourth-order valence-corrected chi connectivity index (χ4v) is 5.19. The van der Waals surface area contributed by atoms with Gasteiger partial charge in [-0.3, -0.25) is 4.90 Å². The highest BCUT2D eigenvalue weighted by Gasteiger charge is 2.42. The summed E-state index contributed by atoms with van der Waals surface area (Å²) in [6.45, 7) is 5.53. The molecular formula is C25H30F4N4OS2. The first-order valence-electron chi connectivity index (χ1n) is 11.9. The molecule has 196 valence electrons. The number of rotatable bonds is 4. The molecular weight excluding hydrogens is 512 g/mol. The number of benzene rings is 2. The van der Waals surface area contributed by atoms with Crippen LogP contribution in [0.3, 0.4) is 0 Å². The summed E-state index contributed by atoms with van der Waals surface area (Å²) in [7, 11) is 0. The highest BCUT2D eigenvalue weighted by Crippen LogP contribution is 2.42. The lowest BCUT2D eigenvalue weighted by Crippen LogP contribution is -2.42. The predicted octanol–water partition coefficient (Wildman–Crippen LogP) is 7.61. The second kappa shape index (κ2) is 13.8. The number of ether oxygens (including phenoxy) is 1. The van der Waals surface area contributed by atoms with E-state index in [-0.39, 0.29) is 24.7 Å². The van der Waals surface area contributed by atoms with Gasteiger partial charge in [0.25, 0.3) is 0 Å². The van der Waals surface area contributed by atoms with Crippen molar-refractivity contribution in [2.24, 2.45) is 5.92 Å². The van der Waals surface area contributed by atoms with Crippen LogP contribution in [0.2, 0.25) is 0 Å². The van der Waals surface area contributed by atoms with Crippen LogP contribution in [-0.4, -0.2) is 40.1 Å². The monoisotopic (exact) mass is 542 g/mol. The molecule has 1 N–H and O–H groups in total. The van der Waals surface area contributed by atoms with Crippen LogP contribution in [0.4, 0.5) is 22.7 Å². The Labute approximate surface area is 217 Å². The minimum Gasteiger partial charge on any atom is -0.493 e. The zero-order valence-corrected chi connectivity index (χ0v) is 21.8. The van der Waals surface area contributed by atoms with E-state index in [4.69, 9.17) is 4.74 Å². The lowest BCUT2D eigenvalue weighted by molar-refractivity contribution is -0.186. The lowest BCUT2D eigenvalue weighted by atomic mass is 9.92. The van der Waals surface area contributed by atoms with E-state index in [0.717, 1.165) is 27.8 Å². The SMILES string of the molecule is CC.FC(F)(F)C1CCN([C@H]2CCOc3cc(SNc4ncns4)ccc32)CC1.Fc1ccccc1. The molecule has 0 spiro atoms. The molecule has 3 aromatic rings. The molecule has 1 fully saturated rings. The van der Waals surface area contributed by atoms with Crippen LogP contribution >= 0.6 is 23.5 Å². The Morgan fingerprint density at radius 1 is 1.06 bits per heavy atom. The van der Waals surface area contributed by atoms with Crippen molar-refractivity contribution in [1.29, 1.82) is 0 Å². The van der Waals surface area contributed by atoms with E-state index >= 15 is 0 Å². The maximum absolute atomic E-state index is 12.9. The van der Waals surface area contributed by atoms with Crippen LogP contribution in [0.1, 0.15) is 44.7 Å². The third-order valence-corrected chi connectivity index (χ3v) is 7.27. The van der Waals surface area contributed by atoms with E-state index in [1.165, 1.54) is 41.9 Å². The van der Waals surface area contributed by atoms with Crippen LogP contribution in [0, 0.1) is 11.7 Å². The molecule has 36 heavy (non-hydrogen) atoms. The highest BCUT2D eigenvalue weighted by atomic mass is 32.2. The molecule has 2 aliphatic rings. The summed E-state index contributed by atoms with van der Waals surface area (Å²) < 4.78 is 63.5. The number of likely N-dealkylation sites (tertiary alicyclic amines) is 1. The largest absolute Gasteiger partial charge is 0.493 e. The standard InChI is InChI=1S/C17H19F3N4OS2.C6H5F.C2H6/c18-17(19,20)11-3-6-24(7-4-11)14-5-8-25-15-9-12(1-2-13(14)15)26-23-16-21-10-22-27-16;7-6-4-2-1-3-5-6;1-2/h1-2,9-11,14H,3-8H2,(H,21,22,23);1-5H;1-2H3/t14-;;/m0../s1. The summed E-state index contributed by atoms with van der Waals surface area (Å²) in [5.41, 5.74) is 1.06. The molecule has 2 aromatic carbocycles. The molecule has 0 radical (unpaired) electrons. The van der Waals surface area contributed by atoms with Crippen molar-refractivity contribution in [3.63, 3.8) is 0 Å². The summed E-state index contributed by atoms with van der Waals surface area (Å²) in [5.74, 6) is -0.533. The maximum atomic E-state index is 12.9. The van der Waals surface area contributed by atoms with Gasteiger partial charge in [-0.2, -0.15) is 17.5 Å². The van der Waals surface area contributed by atoms with E-state index in [1.54, 1.807) is 18.2 Å². The van der Waals surface area contributed by atoms with Gasteiger partial charge in [0, 0.05) is 34.5 Å². The minimum absolute atomic E-state index is 0.123. The van der Waals surface area contributed by atoms with Crippen LogP contribution in [-0.2, 0) is 0 Å². The Morgan fingerprint density at radius 3 is 2.36 bits per heavy atom. The zero-order valence-electron chi connectivity index (χ0n) is 20.2. The molecule has 1 saturated heterocycles. The molecule has 0 saturated carbocycles. The number of halogens is 4. The Bertz CT molecular complexity index is 1030. The maximum Gasteiger partial charge on any atom is 0.391 e. The third-order valence-electron chi connectivity index (χ3n) is 5.78. The van der Waals surface area contributed by atoms with Crippen molar-refractivity contribution in [2.45, 2.75) is 50.2 Å². The average molecular weight is 543 g/mol. The Balaban J connectivity index is 0.000000342. The van der Waals surface area contributed by atoms with E-state index in [2.05, 4.69) is 19.0 Å². The Kier molecular flexibility index (Phi) is 10.8. The lowest BCUT2D eigenvalue weighted by Gasteiger charge is -2.40. The molecule has 5 nitrogen and oxygen atoms in total. The van der Waals surface area contributed by atoms with Gasteiger partial charge in [-0.25, -0.2) is 9.37 Å². The topological polar surface area (TPSA) is 50.3 Å². The number of aromatic nitrogens is 2. The fourth-order valence-electron chi connectivity index (χ4n) is 4.07. The second-order valence-electron chi connectivity index (χ2n) is 7.95. The van der Waals surface area contributed by atoms with Crippen molar-refractivity contribution in [1.82, 2.24) is 14.3 Å². The zero-order chi connectivity index (χ0) is 26.0. The first-order chi connectivity index (χ1) is 17.4. The van der Waals surface area contributed by atoms with E-state index in [9.17, 15) is 17.6 Å². The number of piperidine rings is 1. The second-order valence-corrected chi connectivity index (χ2v) is 9.61. The van der Waals surface area contributed by atoms with Gasteiger partial charge in [0.2, 0.25) is 5.13 Å². The van der Waals surface area contributed by atoms with Gasteiger partial charge in [0.1, 0.15) is 17.9 Å². The summed E-state index contributed by atoms with van der Waals surface area (Å²) >= 11 is 2.71. The Hall–Kier alpha value is -2.37. The number of hydrogen-bond acceptors (Lipinski definition) is 7. The normalized spacial score (nSPS) is 18.0. The molecule has 0 aliphatic carbocycles. The number of fused-ring (bicyclic) bond motifs is 1. The molecule has 1 atom stereocenters. The number of alkyl halides is 3. The van der Waals surface area contributed by atoms with Crippen LogP contribution < -0.4 is 9.46 Å². The highest BCUT2D eigenvalue weighted by molar-refractivity contribution is 8.00. The van der Waals surface area contributed by atoms with Crippen molar-refractivity contribution in [2.75, 3.05) is 24.4 Å². The molecule has 5 rings (SSSR count). The summed E-state index contributed by atoms with van der Waals surface area (Å²) in [6, 6.07) is 14.1. The molecule has 0 amide bonds. The average Bonchev–Trinajstić information content (AvgIpc) is 3.42. The number of nitrogens with one attached hydrogen (secondary N) is 1. The third kappa shape index (κ3) is 8.07. The Morgan fingerprint density at radius 2 is 1.78 bits per heavy atom. The number of anilines is 1. The first kappa shape index (κ1) is 28.2. The van der Waals surface area contributed by atoms with Gasteiger partial charge < -0.3 is 9.46 Å². The molecule has 0 bridgehead atoms. The summed E-state index contributed by atoms with van der Waals surface area (Å²) in [6.07, 6.45) is -1.42. The summed E-state index contributed by atoms with van der Waals surface area (Å²) in [5, 5.41) is 0.726. The molecule has 3 heterocycles. The first-order valence-corrected chi connectivity index (χ1v) is 13.5. The van der Waals surface area contributed by atoms with E-state index in [1.807, 2.05) is 32.0 Å².